The van der Waals surface area contributed by atoms with Gasteiger partial charge in [-0.2, -0.15) is 0 Å². The number of aryl methyl sites for hydroxylation is 1. The first kappa shape index (κ1) is 9.81. The summed E-state index contributed by atoms with van der Waals surface area (Å²) >= 11 is 1.86. The van der Waals surface area contributed by atoms with Gasteiger partial charge in [0, 0.05) is 6.07 Å². The van der Waals surface area contributed by atoms with E-state index in [1.807, 2.05) is 11.3 Å². The van der Waals surface area contributed by atoms with Gasteiger partial charge in [-0.15, -0.1) is 0 Å². The largest absolute Gasteiger partial charge is 0.214 e. The van der Waals surface area contributed by atoms with Crippen molar-refractivity contribution in [2.45, 2.75) is 16.0 Å². The summed E-state index contributed by atoms with van der Waals surface area (Å²) in [6.07, 6.45) is 2.29. The molecule has 0 radical (unpaired) electrons. The van der Waals surface area contributed by atoms with Crippen molar-refractivity contribution < 1.29 is 0 Å². The average Bonchev–Trinajstić information content (AvgIpc) is 2.65. The van der Waals surface area contributed by atoms with E-state index >= 15 is 0 Å². The van der Waals surface area contributed by atoms with Gasteiger partial charge in [0.05, 0.1) is 10.9 Å². The van der Waals surface area contributed by atoms with Crippen LogP contribution in [0.5, 0.6) is 0 Å². The monoisotopic (exact) mass is 221 g/mol. The zero-order valence-corrected chi connectivity index (χ0v) is 9.99. The third-order valence-corrected chi connectivity index (χ3v) is 5.68. The summed E-state index contributed by atoms with van der Waals surface area (Å²) in [5.41, 5.74) is 1.38. The van der Waals surface area contributed by atoms with Crippen LogP contribution in [0.4, 0.5) is 0 Å². The maximum absolute atomic E-state index is 2.29. The van der Waals surface area contributed by atoms with Gasteiger partial charge in [0.1, 0.15) is 6.26 Å². The zero-order chi connectivity index (χ0) is 9.97. The zero-order valence-electron chi connectivity index (χ0n) is 8.36. The lowest BCUT2D eigenvalue weighted by Crippen LogP contribution is -1.97. The van der Waals surface area contributed by atoms with E-state index in [9.17, 15) is 0 Å². The third kappa shape index (κ3) is 2.02. The Morgan fingerprint density at radius 3 is 2.43 bits per heavy atom. The summed E-state index contributed by atoms with van der Waals surface area (Å²) in [6.45, 7) is 2.15. The highest BCUT2D eigenvalue weighted by Crippen LogP contribution is 2.26. The molecule has 1 aromatic carbocycles. The summed E-state index contributed by atoms with van der Waals surface area (Å²) in [7, 11) is 0.243. The first-order valence-electron chi connectivity index (χ1n) is 4.53. The highest BCUT2D eigenvalue weighted by atomic mass is 32.2. The molecule has 0 saturated carbocycles. The van der Waals surface area contributed by atoms with Gasteiger partial charge >= 0.3 is 0 Å². The maximum Gasteiger partial charge on any atom is 0.214 e. The lowest BCUT2D eigenvalue weighted by atomic mass is 10.4. The highest BCUT2D eigenvalue weighted by molar-refractivity contribution is 7.98. The summed E-state index contributed by atoms with van der Waals surface area (Å²) in [5.74, 6) is 0. The molecule has 0 aliphatic carbocycles. The molecule has 14 heavy (non-hydrogen) atoms. The predicted molar refractivity (Wildman–Crippen MR) is 65.3 cm³/mol. The van der Waals surface area contributed by atoms with Gasteiger partial charge in [0.15, 0.2) is 4.90 Å². The first-order valence-corrected chi connectivity index (χ1v) is 7.05. The molecule has 72 valence electrons. The molecule has 0 saturated heterocycles. The van der Waals surface area contributed by atoms with Crippen LogP contribution in [0.15, 0.2) is 50.9 Å². The summed E-state index contributed by atoms with van der Waals surface area (Å²) in [4.78, 5) is 1.43. The minimum atomic E-state index is 0.243. The van der Waals surface area contributed by atoms with Crippen LogP contribution in [0.3, 0.4) is 0 Å². The lowest BCUT2D eigenvalue weighted by Gasteiger charge is -1.97. The number of thiophene rings is 1. The second-order valence-electron chi connectivity index (χ2n) is 3.27. The molecule has 0 amide bonds. The lowest BCUT2D eigenvalue weighted by molar-refractivity contribution is 1.42. The molecule has 0 aliphatic heterocycles. The Morgan fingerprint density at radius 2 is 1.86 bits per heavy atom. The van der Waals surface area contributed by atoms with Crippen molar-refractivity contribution in [2.24, 2.45) is 0 Å². The van der Waals surface area contributed by atoms with Gasteiger partial charge in [-0.1, -0.05) is 29.5 Å². The molecule has 0 N–H and O–H groups in total. The molecule has 0 bridgehead atoms. The molecule has 2 aromatic rings. The maximum atomic E-state index is 2.29. The Hall–Kier alpha value is -0.730. The van der Waals surface area contributed by atoms with Crippen LogP contribution in [0, 0.1) is 6.92 Å². The van der Waals surface area contributed by atoms with Gasteiger partial charge in [-0.05, 0) is 30.0 Å². The first-order chi connectivity index (χ1) is 6.77. The van der Waals surface area contributed by atoms with Crippen LogP contribution < -0.4 is 0 Å². The van der Waals surface area contributed by atoms with E-state index in [1.165, 1.54) is 14.7 Å². The van der Waals surface area contributed by atoms with Crippen LogP contribution in [0.25, 0.3) is 0 Å². The number of benzene rings is 1. The molecule has 1 unspecified atom stereocenters. The molecule has 2 heteroatoms. The minimum absolute atomic E-state index is 0.243. The quantitative estimate of drug-likeness (QED) is 0.678. The molecular weight excluding hydrogens is 208 g/mol. The van der Waals surface area contributed by atoms with E-state index < -0.39 is 0 Å². The fourth-order valence-corrected chi connectivity index (χ4v) is 4.10. The Balaban J connectivity index is 2.29. The molecule has 1 aromatic heterocycles. The Bertz CT molecular complexity index is 403. The summed E-state index contributed by atoms with van der Waals surface area (Å²) in [6, 6.07) is 13.0. The van der Waals surface area contributed by atoms with Crippen molar-refractivity contribution in [2.75, 3.05) is 6.26 Å². The second kappa shape index (κ2) is 4.20. The van der Waals surface area contributed by atoms with E-state index in [0.29, 0.717) is 0 Å². The second-order valence-corrected chi connectivity index (χ2v) is 6.37. The van der Waals surface area contributed by atoms with Crippen LogP contribution in [0.2, 0.25) is 0 Å². The number of rotatable bonds is 2. The van der Waals surface area contributed by atoms with Gasteiger partial charge in [0.25, 0.3) is 0 Å². The molecule has 0 aliphatic rings. The summed E-state index contributed by atoms with van der Waals surface area (Å²) < 4.78 is 1.48. The van der Waals surface area contributed by atoms with Crippen molar-refractivity contribution in [3.8, 4) is 0 Å². The van der Waals surface area contributed by atoms with Gasteiger partial charge in [0.2, 0.25) is 4.21 Å². The predicted octanol–water partition coefficient (Wildman–Crippen LogP) is 3.72. The van der Waals surface area contributed by atoms with E-state index in [4.69, 9.17) is 0 Å². The van der Waals surface area contributed by atoms with Gasteiger partial charge < -0.3 is 0 Å². The van der Waals surface area contributed by atoms with Crippen LogP contribution in [-0.4, -0.2) is 6.26 Å². The SMILES string of the molecule is Cc1csc([S+](C)c2ccccc2)c1. The number of hydrogen-bond donors (Lipinski definition) is 0. The molecule has 0 nitrogen and oxygen atoms in total. The average molecular weight is 221 g/mol. The number of hydrogen-bond acceptors (Lipinski definition) is 1. The standard InChI is InChI=1S/C12H13S2/c1-10-8-12(13-9-10)14(2)11-6-4-3-5-7-11/h3-9H,1-2H3/q+1. The van der Waals surface area contributed by atoms with E-state index in [0.717, 1.165) is 0 Å². The molecule has 2 rings (SSSR count). The molecular formula is C12H13S2+. The molecule has 0 fully saturated rings. The van der Waals surface area contributed by atoms with Crippen LogP contribution >= 0.6 is 11.3 Å². The fraction of sp³-hybridized carbons (Fsp3) is 0.167. The van der Waals surface area contributed by atoms with Crippen LogP contribution in [-0.2, 0) is 10.9 Å². The Labute approximate surface area is 91.9 Å². The molecule has 1 atom stereocenters. The van der Waals surface area contributed by atoms with Crippen molar-refractivity contribution in [1.29, 1.82) is 0 Å². The smallest absolute Gasteiger partial charge is 0.0938 e. The van der Waals surface area contributed by atoms with Crippen LogP contribution in [0.1, 0.15) is 5.56 Å². The minimum Gasteiger partial charge on any atom is -0.0938 e. The van der Waals surface area contributed by atoms with Gasteiger partial charge in [-0.3, -0.25) is 0 Å². The van der Waals surface area contributed by atoms with E-state index in [1.54, 1.807) is 0 Å². The fourth-order valence-electron chi connectivity index (χ4n) is 1.31. The Kier molecular flexibility index (Phi) is 2.94. The highest BCUT2D eigenvalue weighted by Gasteiger charge is 2.20. The summed E-state index contributed by atoms with van der Waals surface area (Å²) in [5, 5.41) is 2.22. The third-order valence-electron chi connectivity index (χ3n) is 2.11. The molecule has 0 spiro atoms. The van der Waals surface area contributed by atoms with E-state index in [2.05, 4.69) is 55.0 Å². The van der Waals surface area contributed by atoms with E-state index in [-0.39, 0.29) is 10.9 Å². The van der Waals surface area contributed by atoms with Crippen molar-refractivity contribution in [3.63, 3.8) is 0 Å². The Morgan fingerprint density at radius 1 is 1.14 bits per heavy atom. The normalized spacial score (nSPS) is 12.7. The van der Waals surface area contributed by atoms with Crippen molar-refractivity contribution in [3.05, 3.63) is 47.3 Å². The van der Waals surface area contributed by atoms with Gasteiger partial charge in [-0.25, -0.2) is 0 Å². The van der Waals surface area contributed by atoms with Crippen molar-refractivity contribution in [1.82, 2.24) is 0 Å². The molecule has 1 heterocycles. The topological polar surface area (TPSA) is 0 Å². The van der Waals surface area contributed by atoms with Crippen molar-refractivity contribution >= 4 is 22.2 Å².